The van der Waals surface area contributed by atoms with Crippen molar-refractivity contribution in [3.63, 3.8) is 0 Å². The predicted octanol–water partition coefficient (Wildman–Crippen LogP) is 3.80. The van der Waals surface area contributed by atoms with Gasteiger partial charge < -0.3 is 0 Å². The lowest BCUT2D eigenvalue weighted by Crippen LogP contribution is -1.93. The minimum Gasteiger partial charge on any atom is -0.260 e. The van der Waals surface area contributed by atoms with Gasteiger partial charge in [-0.2, -0.15) is 5.10 Å². The van der Waals surface area contributed by atoms with Gasteiger partial charge in [0.1, 0.15) is 6.33 Å². The molecular weight excluding hydrogens is 379 g/mol. The summed E-state index contributed by atoms with van der Waals surface area (Å²) in [5, 5.41) is 6.21. The first-order chi connectivity index (χ1) is 8.83. The molecule has 4 nitrogen and oxygen atoms in total. The van der Waals surface area contributed by atoms with Gasteiger partial charge in [0, 0.05) is 4.88 Å². The third-order valence-corrected chi connectivity index (χ3v) is 4.88. The minimum atomic E-state index is 0.751. The Kier molecular flexibility index (Phi) is 3.52. The van der Waals surface area contributed by atoms with E-state index in [1.807, 2.05) is 23.6 Å². The minimum absolute atomic E-state index is 0.751. The molecule has 0 unspecified atom stereocenters. The number of aromatic nitrogens is 2. The fraction of sp³-hybridized carbons (Fsp3) is 0. The van der Waals surface area contributed by atoms with E-state index < -0.39 is 0 Å². The van der Waals surface area contributed by atoms with Crippen LogP contribution < -0.4 is 5.43 Å². The average Bonchev–Trinajstić information content (AvgIpc) is 2.97. The zero-order chi connectivity index (χ0) is 12.4. The smallest absolute Gasteiger partial charge is 0.167 e. The van der Waals surface area contributed by atoms with E-state index in [1.165, 1.54) is 2.88 Å². The highest BCUT2D eigenvalue weighted by atomic mass is 127. The first kappa shape index (κ1) is 12.0. The molecule has 7 heteroatoms. The fourth-order valence-electron chi connectivity index (χ4n) is 1.43. The maximum atomic E-state index is 4.23. The second-order valence-corrected chi connectivity index (χ2v) is 7.30. The summed E-state index contributed by atoms with van der Waals surface area (Å²) in [6.45, 7) is 0. The molecule has 0 saturated heterocycles. The van der Waals surface area contributed by atoms with Gasteiger partial charge in [0.05, 0.1) is 19.3 Å². The van der Waals surface area contributed by atoms with Crippen LogP contribution in [0.1, 0.15) is 4.88 Å². The van der Waals surface area contributed by atoms with E-state index in [4.69, 9.17) is 0 Å². The summed E-state index contributed by atoms with van der Waals surface area (Å²) < 4.78 is 2.22. The Morgan fingerprint density at radius 3 is 3.17 bits per heavy atom. The number of nitrogens with one attached hydrogen (secondary N) is 1. The van der Waals surface area contributed by atoms with Crippen LogP contribution in [0.15, 0.2) is 35.0 Å². The second-order valence-electron chi connectivity index (χ2n) is 3.37. The lowest BCUT2D eigenvalue weighted by molar-refractivity contribution is 1.19. The summed E-state index contributed by atoms with van der Waals surface area (Å²) in [7, 11) is 0. The summed E-state index contributed by atoms with van der Waals surface area (Å²) in [5.74, 6) is 0.751. The molecule has 3 aromatic heterocycles. The van der Waals surface area contributed by atoms with Gasteiger partial charge in [0.25, 0.3) is 0 Å². The van der Waals surface area contributed by atoms with Crippen LogP contribution in [0.4, 0.5) is 5.82 Å². The van der Waals surface area contributed by atoms with Gasteiger partial charge in [-0.15, -0.1) is 22.7 Å². The Morgan fingerprint density at radius 2 is 2.33 bits per heavy atom. The SMILES string of the molecule is Ic1cc2ncnc(N/N=C/c3cccs3)c2s1. The van der Waals surface area contributed by atoms with Crippen LogP contribution in [0, 0.1) is 2.88 Å². The first-order valence-electron chi connectivity index (χ1n) is 5.05. The summed E-state index contributed by atoms with van der Waals surface area (Å²) in [4.78, 5) is 9.54. The highest BCUT2D eigenvalue weighted by Gasteiger charge is 2.06. The van der Waals surface area contributed by atoms with E-state index in [1.54, 1.807) is 35.2 Å². The van der Waals surface area contributed by atoms with Crippen LogP contribution in [0.2, 0.25) is 0 Å². The topological polar surface area (TPSA) is 50.2 Å². The molecule has 0 spiro atoms. The normalized spacial score (nSPS) is 11.4. The molecule has 3 heterocycles. The van der Waals surface area contributed by atoms with Gasteiger partial charge in [-0.1, -0.05) is 6.07 Å². The zero-order valence-corrected chi connectivity index (χ0v) is 12.8. The number of anilines is 1. The molecule has 0 aromatic carbocycles. The summed E-state index contributed by atoms with van der Waals surface area (Å²) in [6.07, 6.45) is 3.34. The highest BCUT2D eigenvalue weighted by Crippen LogP contribution is 2.29. The Labute approximate surface area is 125 Å². The third-order valence-electron chi connectivity index (χ3n) is 2.19. The standard InChI is InChI=1S/C11H7IN4S2/c12-9-4-8-10(18-9)11(14-6-13-8)16-15-5-7-2-1-3-17-7/h1-6H,(H,13,14,16)/b15-5+. The Hall–Kier alpha value is -1.06. The van der Waals surface area contributed by atoms with Crippen LogP contribution in [0.5, 0.6) is 0 Å². The number of halogens is 1. The van der Waals surface area contributed by atoms with Crippen molar-refractivity contribution in [2.24, 2.45) is 5.10 Å². The first-order valence-corrected chi connectivity index (χ1v) is 7.83. The van der Waals surface area contributed by atoms with Gasteiger partial charge in [0.2, 0.25) is 0 Å². The molecule has 3 rings (SSSR count). The van der Waals surface area contributed by atoms with E-state index in [-0.39, 0.29) is 0 Å². The Balaban J connectivity index is 1.86. The molecule has 0 radical (unpaired) electrons. The van der Waals surface area contributed by atoms with Crippen LogP contribution >= 0.6 is 45.3 Å². The van der Waals surface area contributed by atoms with Crippen molar-refractivity contribution in [1.82, 2.24) is 9.97 Å². The van der Waals surface area contributed by atoms with Crippen molar-refractivity contribution in [2.75, 3.05) is 5.43 Å². The van der Waals surface area contributed by atoms with Crippen LogP contribution in [0.3, 0.4) is 0 Å². The second kappa shape index (κ2) is 5.29. The van der Waals surface area contributed by atoms with Crippen molar-refractivity contribution in [1.29, 1.82) is 0 Å². The average molecular weight is 386 g/mol. The molecule has 0 fully saturated rings. The van der Waals surface area contributed by atoms with Crippen molar-refractivity contribution in [2.45, 2.75) is 0 Å². The summed E-state index contributed by atoms with van der Waals surface area (Å²) in [6, 6.07) is 6.05. The van der Waals surface area contributed by atoms with Crippen molar-refractivity contribution in [3.05, 3.63) is 37.7 Å². The monoisotopic (exact) mass is 386 g/mol. The molecule has 0 aliphatic heterocycles. The van der Waals surface area contributed by atoms with E-state index >= 15 is 0 Å². The van der Waals surface area contributed by atoms with Crippen molar-refractivity contribution >= 4 is 67.5 Å². The van der Waals surface area contributed by atoms with Crippen LogP contribution in [-0.4, -0.2) is 16.2 Å². The van der Waals surface area contributed by atoms with Gasteiger partial charge in [-0.3, -0.25) is 5.43 Å². The van der Waals surface area contributed by atoms with Crippen molar-refractivity contribution in [3.8, 4) is 0 Å². The molecule has 3 aromatic rings. The van der Waals surface area contributed by atoms with E-state index in [2.05, 4.69) is 43.1 Å². The van der Waals surface area contributed by atoms with Crippen LogP contribution in [0.25, 0.3) is 10.2 Å². The predicted molar refractivity (Wildman–Crippen MR) is 85.7 cm³/mol. The number of hydrogen-bond acceptors (Lipinski definition) is 6. The van der Waals surface area contributed by atoms with Gasteiger partial charge >= 0.3 is 0 Å². The number of thiophene rings is 2. The molecule has 0 saturated carbocycles. The lowest BCUT2D eigenvalue weighted by Gasteiger charge is -1.98. The Bertz CT molecular complexity index is 690. The quantitative estimate of drug-likeness (QED) is 0.423. The summed E-state index contributed by atoms with van der Waals surface area (Å²) in [5.41, 5.74) is 3.92. The molecule has 0 aliphatic rings. The molecule has 0 atom stereocenters. The molecule has 0 aliphatic carbocycles. The van der Waals surface area contributed by atoms with Gasteiger partial charge in [-0.05, 0) is 40.1 Å². The maximum Gasteiger partial charge on any atom is 0.167 e. The lowest BCUT2D eigenvalue weighted by atomic mass is 10.4. The molecule has 0 bridgehead atoms. The molecular formula is C11H7IN4S2. The van der Waals surface area contributed by atoms with Gasteiger partial charge in [-0.25, -0.2) is 9.97 Å². The van der Waals surface area contributed by atoms with Crippen LogP contribution in [-0.2, 0) is 0 Å². The Morgan fingerprint density at radius 1 is 1.39 bits per heavy atom. The fourth-order valence-corrected chi connectivity index (χ4v) is 3.74. The largest absolute Gasteiger partial charge is 0.260 e. The number of fused-ring (bicyclic) bond motifs is 1. The van der Waals surface area contributed by atoms with E-state index in [0.717, 1.165) is 20.9 Å². The van der Waals surface area contributed by atoms with E-state index in [0.29, 0.717) is 0 Å². The summed E-state index contributed by atoms with van der Waals surface area (Å²) >= 11 is 5.58. The highest BCUT2D eigenvalue weighted by molar-refractivity contribution is 14.1. The van der Waals surface area contributed by atoms with Gasteiger partial charge in [0.15, 0.2) is 5.82 Å². The van der Waals surface area contributed by atoms with E-state index in [9.17, 15) is 0 Å². The molecule has 18 heavy (non-hydrogen) atoms. The third kappa shape index (κ3) is 2.52. The number of rotatable bonds is 3. The zero-order valence-electron chi connectivity index (χ0n) is 9.00. The maximum absolute atomic E-state index is 4.23. The van der Waals surface area contributed by atoms with Crippen molar-refractivity contribution < 1.29 is 0 Å². The number of hydrogen-bond donors (Lipinski definition) is 1. The molecule has 1 N–H and O–H groups in total. The molecule has 0 amide bonds. The molecule has 90 valence electrons. The number of hydrazone groups is 1. The number of nitrogens with zero attached hydrogens (tertiary/aromatic N) is 3.